The standard InChI is InChI=1S/C13H27N5O4/c1-7(2)3-10(12(20)17-8(5-14)6-15)18-11(19)4-9(16)13(21)22/h7-10H,3-6,14-16H2,1-2H3,(H,17,20)(H,18,19)(H,21,22)/t9-,10-/m0/s1. The summed E-state index contributed by atoms with van der Waals surface area (Å²) in [5.41, 5.74) is 16.2. The molecule has 0 spiro atoms. The van der Waals surface area contributed by atoms with Crippen molar-refractivity contribution in [1.82, 2.24) is 10.6 Å². The van der Waals surface area contributed by atoms with Gasteiger partial charge in [0.2, 0.25) is 11.8 Å². The van der Waals surface area contributed by atoms with E-state index >= 15 is 0 Å². The van der Waals surface area contributed by atoms with Crippen molar-refractivity contribution in [3.8, 4) is 0 Å². The van der Waals surface area contributed by atoms with Crippen LogP contribution < -0.4 is 27.8 Å². The first-order valence-corrected chi connectivity index (χ1v) is 7.19. The quantitative estimate of drug-likeness (QED) is 0.263. The summed E-state index contributed by atoms with van der Waals surface area (Å²) >= 11 is 0. The van der Waals surface area contributed by atoms with Gasteiger partial charge in [-0.1, -0.05) is 13.8 Å². The fourth-order valence-corrected chi connectivity index (χ4v) is 1.76. The number of carbonyl (C=O) groups is 3. The molecule has 0 rings (SSSR count). The molecule has 0 aromatic carbocycles. The molecule has 0 fully saturated rings. The van der Waals surface area contributed by atoms with Crippen LogP contribution in [0.25, 0.3) is 0 Å². The summed E-state index contributed by atoms with van der Waals surface area (Å²) in [4.78, 5) is 34.6. The zero-order chi connectivity index (χ0) is 17.3. The van der Waals surface area contributed by atoms with Gasteiger partial charge >= 0.3 is 5.97 Å². The number of carboxylic acids is 1. The number of carbonyl (C=O) groups excluding carboxylic acids is 2. The first-order valence-electron chi connectivity index (χ1n) is 7.19. The number of nitrogens with one attached hydrogen (secondary N) is 2. The smallest absolute Gasteiger partial charge is 0.321 e. The number of carboxylic acid groups (broad SMARTS) is 1. The van der Waals surface area contributed by atoms with Gasteiger partial charge in [0.05, 0.1) is 12.5 Å². The molecule has 0 saturated carbocycles. The van der Waals surface area contributed by atoms with E-state index in [1.165, 1.54) is 0 Å². The Morgan fingerprint density at radius 3 is 2.05 bits per heavy atom. The van der Waals surface area contributed by atoms with Gasteiger partial charge in [0.25, 0.3) is 0 Å². The van der Waals surface area contributed by atoms with Crippen molar-refractivity contribution in [2.75, 3.05) is 13.1 Å². The molecule has 0 aromatic heterocycles. The molecule has 0 aliphatic rings. The van der Waals surface area contributed by atoms with E-state index in [1.54, 1.807) is 0 Å². The van der Waals surface area contributed by atoms with E-state index in [0.29, 0.717) is 6.42 Å². The zero-order valence-corrected chi connectivity index (χ0v) is 13.0. The largest absolute Gasteiger partial charge is 0.480 e. The molecule has 9 N–H and O–H groups in total. The maximum absolute atomic E-state index is 12.2. The van der Waals surface area contributed by atoms with Crippen LogP contribution in [-0.2, 0) is 14.4 Å². The summed E-state index contributed by atoms with van der Waals surface area (Å²) < 4.78 is 0. The lowest BCUT2D eigenvalue weighted by atomic mass is 10.0. The maximum atomic E-state index is 12.2. The van der Waals surface area contributed by atoms with Crippen LogP contribution in [0, 0.1) is 5.92 Å². The van der Waals surface area contributed by atoms with E-state index in [1.807, 2.05) is 13.8 Å². The lowest BCUT2D eigenvalue weighted by molar-refractivity contribution is -0.140. The molecule has 2 atom stereocenters. The van der Waals surface area contributed by atoms with Gasteiger partial charge in [0.15, 0.2) is 0 Å². The van der Waals surface area contributed by atoms with E-state index in [4.69, 9.17) is 22.3 Å². The fraction of sp³-hybridized carbons (Fsp3) is 0.769. The molecule has 0 heterocycles. The molecule has 0 aliphatic carbocycles. The fourth-order valence-electron chi connectivity index (χ4n) is 1.76. The van der Waals surface area contributed by atoms with Crippen LogP contribution in [0.5, 0.6) is 0 Å². The molecule has 0 aromatic rings. The number of amides is 2. The Labute approximate surface area is 130 Å². The Balaban J connectivity index is 4.72. The molecule has 0 radical (unpaired) electrons. The zero-order valence-electron chi connectivity index (χ0n) is 13.0. The summed E-state index contributed by atoms with van der Waals surface area (Å²) in [6, 6.07) is -2.46. The van der Waals surface area contributed by atoms with Crippen molar-refractivity contribution in [2.45, 2.75) is 44.8 Å². The van der Waals surface area contributed by atoms with Crippen molar-refractivity contribution < 1.29 is 19.5 Å². The second kappa shape index (κ2) is 10.1. The van der Waals surface area contributed by atoms with Crippen molar-refractivity contribution in [2.24, 2.45) is 23.1 Å². The van der Waals surface area contributed by atoms with Crippen LogP contribution in [0.3, 0.4) is 0 Å². The van der Waals surface area contributed by atoms with Crippen LogP contribution in [0.15, 0.2) is 0 Å². The highest BCUT2D eigenvalue weighted by Gasteiger charge is 2.25. The second-order valence-electron chi connectivity index (χ2n) is 5.58. The normalized spacial score (nSPS) is 13.8. The lowest BCUT2D eigenvalue weighted by Gasteiger charge is -2.23. The van der Waals surface area contributed by atoms with E-state index in [0.717, 1.165) is 0 Å². The second-order valence-corrected chi connectivity index (χ2v) is 5.58. The van der Waals surface area contributed by atoms with E-state index < -0.39 is 36.3 Å². The third-order valence-electron chi connectivity index (χ3n) is 3.00. The van der Waals surface area contributed by atoms with Crippen molar-refractivity contribution in [3.05, 3.63) is 0 Å². The number of aliphatic carboxylic acids is 1. The van der Waals surface area contributed by atoms with Gasteiger partial charge < -0.3 is 32.9 Å². The molecule has 9 heteroatoms. The van der Waals surface area contributed by atoms with E-state index in [-0.39, 0.29) is 25.0 Å². The topological polar surface area (TPSA) is 174 Å². The van der Waals surface area contributed by atoms with Gasteiger partial charge in [-0.2, -0.15) is 0 Å². The predicted octanol–water partition coefficient (Wildman–Crippen LogP) is -2.28. The summed E-state index contributed by atoms with van der Waals surface area (Å²) in [5.74, 6) is -2.11. The third-order valence-corrected chi connectivity index (χ3v) is 3.00. The van der Waals surface area contributed by atoms with Gasteiger partial charge in [0, 0.05) is 13.1 Å². The summed E-state index contributed by atoms with van der Waals surface area (Å²) in [6.07, 6.45) is 0.0101. The molecule has 0 aliphatic heterocycles. The number of nitrogens with two attached hydrogens (primary N) is 3. The summed E-state index contributed by atoms with van der Waals surface area (Å²) in [6.45, 7) is 4.18. The van der Waals surface area contributed by atoms with Crippen molar-refractivity contribution in [1.29, 1.82) is 0 Å². The SMILES string of the molecule is CC(C)C[C@H](NC(=O)C[C@H](N)C(=O)O)C(=O)NC(CN)CN. The van der Waals surface area contributed by atoms with Gasteiger partial charge in [-0.15, -0.1) is 0 Å². The highest BCUT2D eigenvalue weighted by atomic mass is 16.4. The molecular weight excluding hydrogens is 290 g/mol. The summed E-state index contributed by atoms with van der Waals surface area (Å²) in [5, 5.41) is 13.9. The Bertz CT molecular complexity index is 385. The van der Waals surface area contributed by atoms with Crippen LogP contribution in [0.2, 0.25) is 0 Å². The molecule has 128 valence electrons. The van der Waals surface area contributed by atoms with Crippen LogP contribution >= 0.6 is 0 Å². The van der Waals surface area contributed by atoms with Crippen molar-refractivity contribution >= 4 is 17.8 Å². The van der Waals surface area contributed by atoms with Gasteiger partial charge in [-0.3, -0.25) is 14.4 Å². The van der Waals surface area contributed by atoms with Crippen LogP contribution in [0.1, 0.15) is 26.7 Å². The molecule has 9 nitrogen and oxygen atoms in total. The molecular formula is C13H27N5O4. The summed E-state index contributed by atoms with van der Waals surface area (Å²) in [7, 11) is 0. The first-order chi connectivity index (χ1) is 10.2. The predicted molar refractivity (Wildman–Crippen MR) is 81.7 cm³/mol. The Kier molecular flexibility index (Phi) is 9.31. The molecule has 0 saturated heterocycles. The van der Waals surface area contributed by atoms with Gasteiger partial charge in [-0.25, -0.2) is 0 Å². The lowest BCUT2D eigenvalue weighted by Crippen LogP contribution is -2.54. The molecule has 2 amide bonds. The average molecular weight is 317 g/mol. The minimum Gasteiger partial charge on any atom is -0.480 e. The molecule has 22 heavy (non-hydrogen) atoms. The Hall–Kier alpha value is -1.71. The highest BCUT2D eigenvalue weighted by Crippen LogP contribution is 2.06. The average Bonchev–Trinajstić information content (AvgIpc) is 2.42. The van der Waals surface area contributed by atoms with Crippen LogP contribution in [-0.4, -0.2) is 54.1 Å². The minimum atomic E-state index is -1.30. The van der Waals surface area contributed by atoms with Crippen molar-refractivity contribution in [3.63, 3.8) is 0 Å². The monoisotopic (exact) mass is 317 g/mol. The number of hydrogen-bond donors (Lipinski definition) is 6. The highest BCUT2D eigenvalue weighted by molar-refractivity contribution is 5.89. The van der Waals surface area contributed by atoms with Gasteiger partial charge in [-0.05, 0) is 12.3 Å². The van der Waals surface area contributed by atoms with E-state index in [9.17, 15) is 14.4 Å². The third kappa shape index (κ3) is 7.91. The molecule has 0 bridgehead atoms. The minimum absolute atomic E-state index is 0.151. The van der Waals surface area contributed by atoms with Crippen LogP contribution in [0.4, 0.5) is 0 Å². The van der Waals surface area contributed by atoms with E-state index in [2.05, 4.69) is 10.6 Å². The van der Waals surface area contributed by atoms with Gasteiger partial charge in [0.1, 0.15) is 12.1 Å². The number of rotatable bonds is 10. The maximum Gasteiger partial charge on any atom is 0.321 e. The first kappa shape index (κ1) is 20.3. The number of hydrogen-bond acceptors (Lipinski definition) is 6. The molecule has 0 unspecified atom stereocenters. The Morgan fingerprint density at radius 2 is 1.64 bits per heavy atom. The Morgan fingerprint density at radius 1 is 1.09 bits per heavy atom.